The van der Waals surface area contributed by atoms with E-state index in [4.69, 9.17) is 4.74 Å². The average Bonchev–Trinajstić information content (AvgIpc) is 3.32. The monoisotopic (exact) mass is 288 g/mol. The lowest BCUT2D eigenvalue weighted by Gasteiger charge is -2.44. The molecule has 1 aliphatic heterocycles. The van der Waals surface area contributed by atoms with Gasteiger partial charge in [-0.15, -0.1) is 0 Å². The summed E-state index contributed by atoms with van der Waals surface area (Å²) < 4.78 is 5.67. The van der Waals surface area contributed by atoms with Crippen molar-refractivity contribution in [3.8, 4) is 0 Å². The van der Waals surface area contributed by atoms with Gasteiger partial charge in [-0.05, 0) is 38.2 Å². The van der Waals surface area contributed by atoms with E-state index in [0.29, 0.717) is 12.1 Å². The van der Waals surface area contributed by atoms with Gasteiger partial charge in [0.2, 0.25) is 0 Å². The van der Waals surface area contributed by atoms with E-state index < -0.39 is 0 Å². The predicted molar refractivity (Wildman–Crippen MR) is 86.4 cm³/mol. The molecule has 1 N–H and O–H groups in total. The van der Waals surface area contributed by atoms with Crippen LogP contribution in [0.2, 0.25) is 0 Å². The summed E-state index contributed by atoms with van der Waals surface area (Å²) in [6.07, 6.45) is 2.80. The van der Waals surface area contributed by atoms with Gasteiger partial charge >= 0.3 is 0 Å². The van der Waals surface area contributed by atoms with Crippen molar-refractivity contribution in [2.24, 2.45) is 5.92 Å². The number of hydrogen-bond donors (Lipinski definition) is 1. The molecule has 2 unspecified atom stereocenters. The normalized spacial score (nSPS) is 27.8. The molecule has 21 heavy (non-hydrogen) atoms. The van der Waals surface area contributed by atoms with Gasteiger partial charge in [-0.25, -0.2) is 0 Å². The number of hydrogen-bond acceptors (Lipinski definition) is 3. The molecule has 1 saturated heterocycles. The first kappa shape index (κ1) is 15.0. The summed E-state index contributed by atoms with van der Waals surface area (Å²) in [5.74, 6) is 0.898. The van der Waals surface area contributed by atoms with E-state index in [1.165, 1.54) is 18.4 Å². The van der Waals surface area contributed by atoms with E-state index >= 15 is 0 Å². The quantitative estimate of drug-likeness (QED) is 0.901. The van der Waals surface area contributed by atoms with Crippen molar-refractivity contribution in [3.63, 3.8) is 0 Å². The van der Waals surface area contributed by atoms with E-state index in [-0.39, 0.29) is 5.60 Å². The van der Waals surface area contributed by atoms with E-state index in [9.17, 15) is 0 Å². The third kappa shape index (κ3) is 3.65. The van der Waals surface area contributed by atoms with Gasteiger partial charge in [-0.1, -0.05) is 30.3 Å². The zero-order chi connectivity index (χ0) is 14.9. The minimum atomic E-state index is -0.0987. The van der Waals surface area contributed by atoms with Crippen LogP contribution in [-0.4, -0.2) is 43.3 Å². The summed E-state index contributed by atoms with van der Waals surface area (Å²) in [5.41, 5.74) is 1.31. The molecule has 1 aromatic carbocycles. The van der Waals surface area contributed by atoms with Gasteiger partial charge in [-0.2, -0.15) is 0 Å². The van der Waals surface area contributed by atoms with Crippen LogP contribution in [0.15, 0.2) is 30.3 Å². The fourth-order valence-corrected chi connectivity index (χ4v) is 3.38. The highest BCUT2D eigenvalue weighted by Crippen LogP contribution is 2.36. The number of methoxy groups -OCH3 is 1. The van der Waals surface area contributed by atoms with Crippen LogP contribution in [-0.2, 0) is 4.74 Å². The average molecular weight is 288 g/mol. The second-order valence-corrected chi connectivity index (χ2v) is 7.17. The Bertz CT molecular complexity index is 456. The van der Waals surface area contributed by atoms with Crippen molar-refractivity contribution in [1.82, 2.24) is 10.2 Å². The number of piperazine rings is 1. The van der Waals surface area contributed by atoms with Gasteiger partial charge in [0.15, 0.2) is 0 Å². The smallest absolute Gasteiger partial charge is 0.0749 e. The summed E-state index contributed by atoms with van der Waals surface area (Å²) in [4.78, 5) is 2.62. The molecule has 2 fully saturated rings. The zero-order valence-electron chi connectivity index (χ0n) is 13.5. The molecular formula is C18H28N2O. The number of nitrogens with one attached hydrogen (secondary N) is 1. The fraction of sp³-hybridized carbons (Fsp3) is 0.667. The first-order valence-corrected chi connectivity index (χ1v) is 8.16. The SMILES string of the molecule is COC(C)(C)CN1CC(C2CC2)NCC1c1ccccc1. The minimum Gasteiger partial charge on any atom is -0.377 e. The van der Waals surface area contributed by atoms with Crippen LogP contribution < -0.4 is 5.32 Å². The first-order valence-electron chi connectivity index (χ1n) is 8.16. The second kappa shape index (κ2) is 6.07. The first-order chi connectivity index (χ1) is 10.1. The summed E-state index contributed by atoms with van der Waals surface area (Å²) in [5, 5.41) is 3.78. The highest BCUT2D eigenvalue weighted by atomic mass is 16.5. The number of benzene rings is 1. The largest absolute Gasteiger partial charge is 0.377 e. The van der Waals surface area contributed by atoms with Crippen LogP contribution in [0.5, 0.6) is 0 Å². The molecule has 0 radical (unpaired) electrons. The standard InChI is InChI=1S/C18H28N2O/c1-18(2,21-3)13-20-12-16(14-9-10-14)19-11-17(20)15-7-5-4-6-8-15/h4-8,14,16-17,19H,9-13H2,1-3H3. The molecule has 0 spiro atoms. The molecule has 3 heteroatoms. The third-order valence-electron chi connectivity index (χ3n) is 4.96. The van der Waals surface area contributed by atoms with Crippen LogP contribution in [0.25, 0.3) is 0 Å². The maximum absolute atomic E-state index is 5.67. The summed E-state index contributed by atoms with van der Waals surface area (Å²) >= 11 is 0. The lowest BCUT2D eigenvalue weighted by atomic mass is 9.97. The lowest BCUT2D eigenvalue weighted by molar-refractivity contribution is -0.0285. The van der Waals surface area contributed by atoms with Crippen LogP contribution >= 0.6 is 0 Å². The van der Waals surface area contributed by atoms with Crippen LogP contribution in [0, 0.1) is 5.92 Å². The zero-order valence-corrected chi connectivity index (χ0v) is 13.5. The molecule has 0 bridgehead atoms. The van der Waals surface area contributed by atoms with Crippen molar-refractivity contribution in [2.75, 3.05) is 26.7 Å². The Morgan fingerprint density at radius 1 is 1.24 bits per heavy atom. The maximum Gasteiger partial charge on any atom is 0.0749 e. The molecule has 0 amide bonds. The molecule has 3 nitrogen and oxygen atoms in total. The van der Waals surface area contributed by atoms with Crippen LogP contribution in [0.3, 0.4) is 0 Å². The fourth-order valence-electron chi connectivity index (χ4n) is 3.38. The van der Waals surface area contributed by atoms with Gasteiger partial charge in [0.1, 0.15) is 0 Å². The molecule has 116 valence electrons. The maximum atomic E-state index is 5.67. The topological polar surface area (TPSA) is 24.5 Å². The Balaban J connectivity index is 1.76. The molecular weight excluding hydrogens is 260 g/mol. The van der Waals surface area contributed by atoms with Gasteiger partial charge in [-0.3, -0.25) is 4.90 Å². The van der Waals surface area contributed by atoms with E-state index in [2.05, 4.69) is 54.4 Å². The number of nitrogens with zero attached hydrogens (tertiary/aromatic N) is 1. The predicted octanol–water partition coefficient (Wildman–Crippen LogP) is 2.84. The summed E-state index contributed by atoms with van der Waals surface area (Å²) in [7, 11) is 1.82. The molecule has 3 rings (SSSR count). The third-order valence-corrected chi connectivity index (χ3v) is 4.96. The van der Waals surface area contributed by atoms with Crippen molar-refractivity contribution < 1.29 is 4.74 Å². The Kier molecular flexibility index (Phi) is 4.34. The Morgan fingerprint density at radius 3 is 2.57 bits per heavy atom. The summed E-state index contributed by atoms with van der Waals surface area (Å²) in [6, 6.07) is 12.0. The van der Waals surface area contributed by atoms with E-state index in [0.717, 1.165) is 25.6 Å². The van der Waals surface area contributed by atoms with Gasteiger partial charge in [0.25, 0.3) is 0 Å². The molecule has 2 aliphatic rings. The van der Waals surface area contributed by atoms with Crippen molar-refractivity contribution in [3.05, 3.63) is 35.9 Å². The second-order valence-electron chi connectivity index (χ2n) is 7.17. The number of ether oxygens (including phenoxy) is 1. The van der Waals surface area contributed by atoms with Crippen molar-refractivity contribution in [1.29, 1.82) is 0 Å². The Morgan fingerprint density at radius 2 is 1.95 bits per heavy atom. The molecule has 0 aromatic heterocycles. The summed E-state index contributed by atoms with van der Waals surface area (Å²) in [6.45, 7) is 7.53. The van der Waals surface area contributed by atoms with E-state index in [1.807, 2.05) is 7.11 Å². The van der Waals surface area contributed by atoms with Crippen LogP contribution in [0.1, 0.15) is 38.3 Å². The minimum absolute atomic E-state index is 0.0987. The highest BCUT2D eigenvalue weighted by molar-refractivity contribution is 5.20. The molecule has 1 heterocycles. The Labute approximate surface area is 128 Å². The Hall–Kier alpha value is -0.900. The highest BCUT2D eigenvalue weighted by Gasteiger charge is 2.39. The van der Waals surface area contributed by atoms with E-state index in [1.54, 1.807) is 0 Å². The van der Waals surface area contributed by atoms with Gasteiger partial charge in [0, 0.05) is 38.8 Å². The van der Waals surface area contributed by atoms with Crippen molar-refractivity contribution in [2.45, 2.75) is 44.4 Å². The van der Waals surface area contributed by atoms with Crippen LogP contribution in [0.4, 0.5) is 0 Å². The molecule has 1 aromatic rings. The van der Waals surface area contributed by atoms with Gasteiger partial charge < -0.3 is 10.1 Å². The van der Waals surface area contributed by atoms with Crippen molar-refractivity contribution >= 4 is 0 Å². The van der Waals surface area contributed by atoms with Gasteiger partial charge in [0.05, 0.1) is 5.60 Å². The molecule has 1 aliphatic carbocycles. The number of rotatable bonds is 5. The molecule has 2 atom stereocenters. The molecule has 1 saturated carbocycles. The lowest BCUT2D eigenvalue weighted by Crippen LogP contribution is -2.56.